The monoisotopic (exact) mass is 212 g/mol. The molecule has 0 aliphatic rings. The summed E-state index contributed by atoms with van der Waals surface area (Å²) in [5.74, 6) is -0.129. The second-order valence-electron chi connectivity index (χ2n) is 3.59. The molecule has 0 unspecified atom stereocenters. The second-order valence-corrected chi connectivity index (χ2v) is 3.59. The van der Waals surface area contributed by atoms with E-state index in [0.717, 1.165) is 5.56 Å². The number of anilines is 1. The summed E-state index contributed by atoms with van der Waals surface area (Å²) in [6.45, 7) is 1.90. The molecule has 2 N–H and O–H groups in total. The predicted molar refractivity (Wildman–Crippen MR) is 63.3 cm³/mol. The van der Waals surface area contributed by atoms with E-state index in [9.17, 15) is 4.79 Å². The number of nitrogens with zero attached hydrogens (tertiary/aromatic N) is 1. The van der Waals surface area contributed by atoms with Crippen LogP contribution in [-0.4, -0.2) is 10.8 Å². The van der Waals surface area contributed by atoms with Crippen molar-refractivity contribution in [1.82, 2.24) is 4.98 Å². The third-order valence-electron chi connectivity index (χ3n) is 2.44. The molecule has 0 atom stereocenters. The highest BCUT2D eigenvalue weighted by Crippen LogP contribution is 2.16. The van der Waals surface area contributed by atoms with Gasteiger partial charge in [-0.25, -0.2) is 0 Å². The van der Waals surface area contributed by atoms with E-state index in [1.54, 1.807) is 24.4 Å². The molecule has 1 heterocycles. The van der Waals surface area contributed by atoms with Gasteiger partial charge in [0.05, 0.1) is 5.69 Å². The fourth-order valence-electron chi connectivity index (χ4n) is 1.56. The van der Waals surface area contributed by atoms with E-state index in [1.807, 2.05) is 25.1 Å². The molecule has 2 aromatic rings. The van der Waals surface area contributed by atoms with Gasteiger partial charge >= 0.3 is 0 Å². The summed E-state index contributed by atoms with van der Waals surface area (Å²) in [6.07, 6.45) is 1.57. The van der Waals surface area contributed by atoms with Crippen molar-refractivity contribution >= 4 is 11.5 Å². The van der Waals surface area contributed by atoms with Gasteiger partial charge in [0.15, 0.2) is 0 Å². The summed E-state index contributed by atoms with van der Waals surface area (Å²) in [5.41, 5.74) is 8.03. The van der Waals surface area contributed by atoms with Crippen LogP contribution in [0, 0.1) is 6.92 Å². The fraction of sp³-hybridized carbons (Fsp3) is 0.0769. The molecule has 0 fully saturated rings. The van der Waals surface area contributed by atoms with E-state index in [1.165, 1.54) is 0 Å². The minimum atomic E-state index is -0.129. The summed E-state index contributed by atoms with van der Waals surface area (Å²) in [6, 6.07) is 10.8. The Balaban J connectivity index is 2.48. The van der Waals surface area contributed by atoms with Gasteiger partial charge in [-0.3, -0.25) is 9.78 Å². The number of carbonyl (C=O) groups is 1. The molecule has 0 amide bonds. The Morgan fingerprint density at radius 2 is 1.94 bits per heavy atom. The normalized spacial score (nSPS) is 10.1. The van der Waals surface area contributed by atoms with E-state index < -0.39 is 0 Å². The zero-order valence-electron chi connectivity index (χ0n) is 8.97. The van der Waals surface area contributed by atoms with Crippen molar-refractivity contribution in [3.8, 4) is 0 Å². The van der Waals surface area contributed by atoms with Gasteiger partial charge < -0.3 is 5.73 Å². The summed E-state index contributed by atoms with van der Waals surface area (Å²) in [4.78, 5) is 16.2. The average Bonchev–Trinajstić information content (AvgIpc) is 2.29. The number of aromatic nitrogens is 1. The van der Waals surface area contributed by atoms with Crippen LogP contribution in [0.25, 0.3) is 0 Å². The van der Waals surface area contributed by atoms with E-state index in [-0.39, 0.29) is 5.78 Å². The van der Waals surface area contributed by atoms with Gasteiger partial charge in [-0.2, -0.15) is 0 Å². The third kappa shape index (κ3) is 1.80. The lowest BCUT2D eigenvalue weighted by molar-refractivity contribution is 0.103. The Labute approximate surface area is 93.9 Å². The molecule has 0 bridgehead atoms. The van der Waals surface area contributed by atoms with Gasteiger partial charge in [0.25, 0.3) is 0 Å². The minimum absolute atomic E-state index is 0.129. The van der Waals surface area contributed by atoms with E-state index in [2.05, 4.69) is 4.98 Å². The summed E-state index contributed by atoms with van der Waals surface area (Å²) < 4.78 is 0. The molecule has 0 saturated carbocycles. The molecule has 0 saturated heterocycles. The SMILES string of the molecule is Cc1ccccc1C(=O)c1ncccc1N. The van der Waals surface area contributed by atoms with Crippen molar-refractivity contribution in [3.05, 3.63) is 59.4 Å². The molecular formula is C13H12N2O. The number of rotatable bonds is 2. The first kappa shape index (κ1) is 10.4. The predicted octanol–water partition coefficient (Wildman–Crippen LogP) is 2.20. The van der Waals surface area contributed by atoms with Crippen LogP contribution >= 0.6 is 0 Å². The number of benzene rings is 1. The third-order valence-corrected chi connectivity index (χ3v) is 2.44. The van der Waals surface area contributed by atoms with Gasteiger partial charge in [-0.05, 0) is 24.6 Å². The van der Waals surface area contributed by atoms with Gasteiger partial charge in [0, 0.05) is 11.8 Å². The zero-order valence-corrected chi connectivity index (χ0v) is 8.97. The number of carbonyl (C=O) groups excluding carboxylic acids is 1. The van der Waals surface area contributed by atoms with Crippen molar-refractivity contribution in [2.45, 2.75) is 6.92 Å². The molecule has 2 rings (SSSR count). The van der Waals surface area contributed by atoms with Crippen molar-refractivity contribution in [1.29, 1.82) is 0 Å². The Kier molecular flexibility index (Phi) is 2.68. The lowest BCUT2D eigenvalue weighted by Crippen LogP contribution is -2.08. The zero-order chi connectivity index (χ0) is 11.5. The largest absolute Gasteiger partial charge is 0.397 e. The molecule has 0 aliphatic heterocycles. The van der Waals surface area contributed by atoms with Crippen LogP contribution in [0.3, 0.4) is 0 Å². The minimum Gasteiger partial charge on any atom is -0.397 e. The highest BCUT2D eigenvalue weighted by Gasteiger charge is 2.14. The van der Waals surface area contributed by atoms with Crippen LogP contribution in [0.2, 0.25) is 0 Å². The Bertz CT molecular complexity index is 487. The maximum Gasteiger partial charge on any atom is 0.213 e. The smallest absolute Gasteiger partial charge is 0.213 e. The van der Waals surface area contributed by atoms with Crippen molar-refractivity contribution in [3.63, 3.8) is 0 Å². The number of hydrogen-bond acceptors (Lipinski definition) is 3. The number of nitrogen functional groups attached to an aromatic ring is 1. The molecule has 0 radical (unpaired) electrons. The van der Waals surface area contributed by atoms with E-state index in [4.69, 9.17) is 5.73 Å². The van der Waals surface area contributed by atoms with Crippen LogP contribution < -0.4 is 5.73 Å². The number of ketones is 1. The number of pyridine rings is 1. The summed E-state index contributed by atoms with van der Waals surface area (Å²) in [5, 5.41) is 0. The Morgan fingerprint density at radius 3 is 2.62 bits per heavy atom. The molecule has 1 aromatic heterocycles. The van der Waals surface area contributed by atoms with Gasteiger partial charge in [-0.15, -0.1) is 0 Å². The van der Waals surface area contributed by atoms with Crippen LogP contribution in [0.4, 0.5) is 5.69 Å². The van der Waals surface area contributed by atoms with Gasteiger partial charge in [-0.1, -0.05) is 24.3 Å². The Hall–Kier alpha value is -2.16. The van der Waals surface area contributed by atoms with Gasteiger partial charge in [0.2, 0.25) is 5.78 Å². The number of aryl methyl sites for hydroxylation is 1. The molecule has 0 spiro atoms. The van der Waals surface area contributed by atoms with E-state index >= 15 is 0 Å². The quantitative estimate of drug-likeness (QED) is 0.776. The first-order valence-electron chi connectivity index (χ1n) is 5.01. The number of hydrogen-bond donors (Lipinski definition) is 1. The molecule has 1 aromatic carbocycles. The second kappa shape index (κ2) is 4.14. The molecule has 3 heteroatoms. The lowest BCUT2D eigenvalue weighted by Gasteiger charge is -2.05. The van der Waals surface area contributed by atoms with Crippen molar-refractivity contribution in [2.75, 3.05) is 5.73 Å². The maximum absolute atomic E-state index is 12.1. The summed E-state index contributed by atoms with van der Waals surface area (Å²) >= 11 is 0. The first-order valence-corrected chi connectivity index (χ1v) is 5.01. The number of nitrogens with two attached hydrogens (primary N) is 1. The molecule has 3 nitrogen and oxygen atoms in total. The van der Waals surface area contributed by atoms with Crippen LogP contribution in [0.1, 0.15) is 21.6 Å². The average molecular weight is 212 g/mol. The van der Waals surface area contributed by atoms with Crippen LogP contribution in [0.15, 0.2) is 42.6 Å². The molecule has 80 valence electrons. The van der Waals surface area contributed by atoms with E-state index in [0.29, 0.717) is 16.9 Å². The molecule has 16 heavy (non-hydrogen) atoms. The van der Waals surface area contributed by atoms with Crippen LogP contribution in [0.5, 0.6) is 0 Å². The topological polar surface area (TPSA) is 56.0 Å². The van der Waals surface area contributed by atoms with Crippen molar-refractivity contribution in [2.24, 2.45) is 0 Å². The lowest BCUT2D eigenvalue weighted by atomic mass is 10.0. The highest BCUT2D eigenvalue weighted by molar-refractivity contribution is 6.11. The molecular weight excluding hydrogens is 200 g/mol. The summed E-state index contributed by atoms with van der Waals surface area (Å²) in [7, 11) is 0. The fourth-order valence-corrected chi connectivity index (χ4v) is 1.56. The molecule has 0 aliphatic carbocycles. The standard InChI is InChI=1S/C13H12N2O/c1-9-5-2-3-6-10(9)13(16)12-11(14)7-4-8-15-12/h2-8H,14H2,1H3. The van der Waals surface area contributed by atoms with Gasteiger partial charge in [0.1, 0.15) is 5.69 Å². The highest BCUT2D eigenvalue weighted by atomic mass is 16.1. The van der Waals surface area contributed by atoms with Crippen molar-refractivity contribution < 1.29 is 4.79 Å². The Morgan fingerprint density at radius 1 is 1.19 bits per heavy atom. The maximum atomic E-state index is 12.1. The van der Waals surface area contributed by atoms with Crippen LogP contribution in [-0.2, 0) is 0 Å². The first-order chi connectivity index (χ1) is 7.70.